The smallest absolute Gasteiger partial charge is 0.315 e. The molecule has 0 aliphatic heterocycles. The number of hydrogen-bond acceptors (Lipinski definition) is 5. The molecule has 3 aliphatic carbocycles. The van der Waals surface area contributed by atoms with Crippen LogP contribution in [0.25, 0.3) is 5.57 Å². The summed E-state index contributed by atoms with van der Waals surface area (Å²) in [5.41, 5.74) is 0.222. The van der Waals surface area contributed by atoms with Crippen LogP contribution in [0.1, 0.15) is 45.2 Å². The second-order valence-electron chi connectivity index (χ2n) is 8.17. The van der Waals surface area contributed by atoms with Crippen LogP contribution in [0.3, 0.4) is 0 Å². The average molecular weight is 344 g/mol. The van der Waals surface area contributed by atoms with Gasteiger partial charge in [-0.3, -0.25) is 9.59 Å². The molecular weight excluding hydrogens is 320 g/mol. The number of hydrogen-bond donors (Lipinski definition) is 2. The average Bonchev–Trinajstić information content (AvgIpc) is 2.52. The quantitative estimate of drug-likeness (QED) is 0.823. The van der Waals surface area contributed by atoms with Crippen LogP contribution < -0.4 is 0 Å². The lowest BCUT2D eigenvalue weighted by molar-refractivity contribution is -0.146. The van der Waals surface area contributed by atoms with Gasteiger partial charge in [0.05, 0.1) is 18.1 Å². The summed E-state index contributed by atoms with van der Waals surface area (Å²) in [6.45, 7) is 7.41. The Balaban J connectivity index is 2.09. The summed E-state index contributed by atoms with van der Waals surface area (Å²) in [6.07, 6.45) is 2.29. The first-order valence-electron chi connectivity index (χ1n) is 8.42. The van der Waals surface area contributed by atoms with Gasteiger partial charge in [0.15, 0.2) is 5.78 Å². The van der Waals surface area contributed by atoms with Crippen molar-refractivity contribution in [2.75, 3.05) is 7.11 Å². The van der Waals surface area contributed by atoms with Gasteiger partial charge in [-0.05, 0) is 60.9 Å². The molecule has 0 heterocycles. The van der Waals surface area contributed by atoms with Crippen LogP contribution >= 0.6 is 0 Å². The number of allylic oxidation sites excluding steroid dienone is 2. The molecule has 0 spiro atoms. The highest BCUT2D eigenvalue weighted by Gasteiger charge is 2.56. The maximum atomic E-state index is 12.3. The van der Waals surface area contributed by atoms with Crippen molar-refractivity contribution in [1.82, 2.24) is 0 Å². The monoisotopic (exact) mass is 344 g/mol. The number of carbonyl (C=O) groups excluding carboxylic acids is 2. The van der Waals surface area contributed by atoms with Gasteiger partial charge in [-0.1, -0.05) is 13.8 Å². The summed E-state index contributed by atoms with van der Waals surface area (Å²) in [6, 6.07) is 2.93. The van der Waals surface area contributed by atoms with Crippen LogP contribution in [0.2, 0.25) is 0 Å². The number of benzene rings is 1. The number of phenols is 2. The number of aromatic hydroxyl groups is 2. The van der Waals surface area contributed by atoms with E-state index in [9.17, 15) is 19.8 Å². The van der Waals surface area contributed by atoms with E-state index in [-0.39, 0.29) is 40.1 Å². The number of fused-ring (bicyclic) bond motifs is 1. The van der Waals surface area contributed by atoms with Gasteiger partial charge >= 0.3 is 5.97 Å². The van der Waals surface area contributed by atoms with Gasteiger partial charge in [0.1, 0.15) is 11.5 Å². The molecule has 25 heavy (non-hydrogen) atoms. The number of ketones is 1. The molecule has 5 nitrogen and oxygen atoms in total. The van der Waals surface area contributed by atoms with E-state index in [1.54, 1.807) is 19.9 Å². The van der Waals surface area contributed by atoms with E-state index in [2.05, 4.69) is 0 Å². The fourth-order valence-electron chi connectivity index (χ4n) is 4.18. The molecule has 3 aliphatic rings. The Hall–Kier alpha value is -2.30. The summed E-state index contributed by atoms with van der Waals surface area (Å²) >= 11 is 0. The van der Waals surface area contributed by atoms with Crippen LogP contribution in [-0.2, 0) is 19.7 Å². The number of phenolic OH excluding ortho intramolecular Hbond substituents is 2. The maximum Gasteiger partial charge on any atom is 0.315 e. The van der Waals surface area contributed by atoms with Crippen molar-refractivity contribution in [1.29, 1.82) is 0 Å². The molecule has 0 aromatic heterocycles. The molecule has 4 rings (SSSR count). The first kappa shape index (κ1) is 17.5. The van der Waals surface area contributed by atoms with Gasteiger partial charge in [-0.25, -0.2) is 0 Å². The Kier molecular flexibility index (Phi) is 3.75. The van der Waals surface area contributed by atoms with Gasteiger partial charge in [0.2, 0.25) is 0 Å². The Labute approximate surface area is 147 Å². The van der Waals surface area contributed by atoms with E-state index in [0.717, 1.165) is 6.42 Å². The summed E-state index contributed by atoms with van der Waals surface area (Å²) < 4.78 is 4.80. The first-order chi connectivity index (χ1) is 11.5. The second kappa shape index (κ2) is 5.35. The molecular formula is C20H24O5. The third-order valence-electron chi connectivity index (χ3n) is 6.09. The molecule has 1 unspecified atom stereocenters. The second-order valence-corrected chi connectivity index (χ2v) is 8.17. The standard InChI is InChI=1S/C20H24O5/c1-19(2,18(24)25-5)10-6-15(22)17(16(23)7-10)11-8-14(21)13-9-12(11)20(13,3)4/h6-8,12-13,22-23H,9H2,1-5H3/t12?,13-/m0/s1. The summed E-state index contributed by atoms with van der Waals surface area (Å²) in [4.78, 5) is 24.3. The lowest BCUT2D eigenvalue weighted by Gasteiger charge is -2.55. The number of rotatable bonds is 3. The van der Waals surface area contributed by atoms with Crippen LogP contribution in [0.4, 0.5) is 0 Å². The van der Waals surface area contributed by atoms with E-state index in [0.29, 0.717) is 11.1 Å². The molecule has 0 saturated heterocycles. The minimum absolute atomic E-state index is 0.0167. The molecule has 2 bridgehead atoms. The fourth-order valence-corrected chi connectivity index (χ4v) is 4.18. The fraction of sp³-hybridized carbons (Fsp3) is 0.500. The topological polar surface area (TPSA) is 83.8 Å². The zero-order valence-corrected chi connectivity index (χ0v) is 15.2. The van der Waals surface area contributed by atoms with Gasteiger partial charge < -0.3 is 14.9 Å². The van der Waals surface area contributed by atoms with E-state index in [1.807, 2.05) is 13.8 Å². The third kappa shape index (κ3) is 2.36. The number of carbonyl (C=O) groups is 2. The molecule has 2 N–H and O–H groups in total. The minimum atomic E-state index is -1.01. The lowest BCUT2D eigenvalue weighted by atomic mass is 9.47. The maximum absolute atomic E-state index is 12.3. The van der Waals surface area contributed by atoms with E-state index >= 15 is 0 Å². The van der Waals surface area contributed by atoms with Gasteiger partial charge in [0, 0.05) is 5.92 Å². The summed E-state index contributed by atoms with van der Waals surface area (Å²) in [5.74, 6) is -0.553. The van der Waals surface area contributed by atoms with Crippen LogP contribution in [0.5, 0.6) is 11.5 Å². The zero-order valence-electron chi connectivity index (χ0n) is 15.2. The molecule has 1 fully saturated rings. The van der Waals surface area contributed by atoms with Crippen molar-refractivity contribution in [3.05, 3.63) is 29.3 Å². The molecule has 1 saturated carbocycles. The highest BCUT2D eigenvalue weighted by molar-refractivity contribution is 6.04. The number of ether oxygens (including phenoxy) is 1. The van der Waals surface area contributed by atoms with Crippen molar-refractivity contribution in [2.24, 2.45) is 17.3 Å². The largest absolute Gasteiger partial charge is 0.507 e. The van der Waals surface area contributed by atoms with Crippen molar-refractivity contribution >= 4 is 17.3 Å². The lowest BCUT2D eigenvalue weighted by Crippen LogP contribution is -2.51. The highest BCUT2D eigenvalue weighted by Crippen LogP contribution is 2.61. The van der Waals surface area contributed by atoms with Crippen molar-refractivity contribution in [3.63, 3.8) is 0 Å². The first-order valence-corrected chi connectivity index (χ1v) is 8.42. The normalized spacial score (nSPS) is 24.4. The summed E-state index contributed by atoms with van der Waals surface area (Å²) in [5, 5.41) is 21.1. The van der Waals surface area contributed by atoms with Crippen molar-refractivity contribution in [3.8, 4) is 11.5 Å². The number of methoxy groups -OCH3 is 1. The van der Waals surface area contributed by atoms with Crippen LogP contribution in [-0.4, -0.2) is 29.1 Å². The Morgan fingerprint density at radius 2 is 1.76 bits per heavy atom. The van der Waals surface area contributed by atoms with Crippen molar-refractivity contribution < 1.29 is 24.5 Å². The minimum Gasteiger partial charge on any atom is -0.507 e. The Bertz CT molecular complexity index is 777. The van der Waals surface area contributed by atoms with Gasteiger partial charge in [0.25, 0.3) is 0 Å². The molecule has 2 atom stereocenters. The zero-order chi connectivity index (χ0) is 18.7. The predicted octanol–water partition coefficient (Wildman–Crippen LogP) is 3.18. The van der Waals surface area contributed by atoms with E-state index in [1.165, 1.54) is 19.2 Å². The van der Waals surface area contributed by atoms with E-state index in [4.69, 9.17) is 4.74 Å². The third-order valence-corrected chi connectivity index (χ3v) is 6.09. The molecule has 1 aromatic rings. The Morgan fingerprint density at radius 3 is 2.20 bits per heavy atom. The van der Waals surface area contributed by atoms with Crippen molar-refractivity contribution in [2.45, 2.75) is 39.5 Å². The number of esters is 1. The Morgan fingerprint density at radius 1 is 1.20 bits per heavy atom. The SMILES string of the molecule is COC(=O)C(C)(C)c1cc(O)c(C2=CC(=O)[C@@H]3CC2C3(C)C)c(O)c1. The molecule has 5 heteroatoms. The summed E-state index contributed by atoms with van der Waals surface area (Å²) in [7, 11) is 1.30. The molecule has 0 radical (unpaired) electrons. The predicted molar refractivity (Wildman–Crippen MR) is 93.2 cm³/mol. The van der Waals surface area contributed by atoms with Gasteiger partial charge in [-0.2, -0.15) is 0 Å². The molecule has 1 aromatic carbocycles. The van der Waals surface area contributed by atoms with Crippen LogP contribution in [0, 0.1) is 17.3 Å². The van der Waals surface area contributed by atoms with Crippen LogP contribution in [0.15, 0.2) is 18.2 Å². The molecule has 0 amide bonds. The highest BCUT2D eigenvalue weighted by atomic mass is 16.5. The van der Waals surface area contributed by atoms with E-state index < -0.39 is 11.4 Å². The van der Waals surface area contributed by atoms with Gasteiger partial charge in [-0.15, -0.1) is 0 Å². The molecule has 134 valence electrons.